The van der Waals surface area contributed by atoms with Crippen molar-refractivity contribution < 1.29 is 13.2 Å². The Kier molecular flexibility index (Phi) is 1.73. The first-order valence-electron chi connectivity index (χ1n) is 3.56. The highest BCUT2D eigenvalue weighted by Gasteiger charge is 2.03. The molecule has 66 valence electrons. The van der Waals surface area contributed by atoms with Crippen molar-refractivity contribution in [2.75, 3.05) is 0 Å². The van der Waals surface area contributed by atoms with Crippen molar-refractivity contribution in [3.63, 3.8) is 0 Å². The molecule has 1 aromatic rings. The summed E-state index contributed by atoms with van der Waals surface area (Å²) in [6.07, 6.45) is 1.32. The van der Waals surface area contributed by atoms with Crippen molar-refractivity contribution in [1.29, 1.82) is 0 Å². The third-order valence-electron chi connectivity index (χ3n) is 1.73. The maximum atomic E-state index is 10.8. The van der Waals surface area contributed by atoms with Crippen molar-refractivity contribution in [2.24, 2.45) is 4.99 Å². The van der Waals surface area contributed by atoms with Gasteiger partial charge in [0.15, 0.2) is 10.7 Å². The Balaban J connectivity index is 2.80. The summed E-state index contributed by atoms with van der Waals surface area (Å²) in [5.41, 5.74) is 0. The minimum Gasteiger partial charge on any atom is -0.267 e. The topological polar surface area (TPSA) is 63.6 Å². The summed E-state index contributed by atoms with van der Waals surface area (Å²) in [5, 5.41) is 1.10. The van der Waals surface area contributed by atoms with E-state index >= 15 is 0 Å². The van der Waals surface area contributed by atoms with Crippen LogP contribution < -0.4 is 10.6 Å². The third-order valence-corrected chi connectivity index (χ3v) is 2.43. The molecule has 0 atom stereocenters. The zero-order valence-electron chi connectivity index (χ0n) is 6.43. The summed E-state index contributed by atoms with van der Waals surface area (Å²) in [4.78, 5) is 14.7. The molecule has 2 rings (SSSR count). The van der Waals surface area contributed by atoms with E-state index in [-0.39, 0.29) is 10.8 Å². The molecule has 0 spiro atoms. The zero-order valence-corrected chi connectivity index (χ0v) is 7.32. The highest BCUT2D eigenvalue weighted by atomic mass is 32.2. The third kappa shape index (κ3) is 1.38. The Morgan fingerprint density at radius 2 is 2.00 bits per heavy atom. The van der Waals surface area contributed by atoms with Gasteiger partial charge in [0.1, 0.15) is 0 Å². The van der Waals surface area contributed by atoms with Gasteiger partial charge in [-0.1, -0.05) is 0 Å². The van der Waals surface area contributed by atoms with Gasteiger partial charge in [0.25, 0.3) is 5.91 Å². The van der Waals surface area contributed by atoms with Gasteiger partial charge in [-0.3, -0.25) is 4.79 Å². The summed E-state index contributed by atoms with van der Waals surface area (Å²) >= 11 is 0. The number of hydrogen-bond donors (Lipinski definition) is 1. The van der Waals surface area contributed by atoms with Crippen molar-refractivity contribution in [3.8, 4) is 0 Å². The van der Waals surface area contributed by atoms with Gasteiger partial charge in [0, 0.05) is 11.3 Å². The molecule has 0 radical (unpaired) electrons. The molecule has 1 aliphatic rings. The second-order valence-electron chi connectivity index (χ2n) is 2.59. The Morgan fingerprint density at radius 1 is 1.23 bits per heavy atom. The van der Waals surface area contributed by atoms with Crippen LogP contribution in [0.4, 0.5) is 0 Å². The Labute approximate surface area is 75.2 Å². The lowest BCUT2D eigenvalue weighted by atomic mass is 10.3. The van der Waals surface area contributed by atoms with Crippen molar-refractivity contribution in [2.45, 2.75) is 4.90 Å². The number of carbonyl (C=O) groups is 1. The minimum absolute atomic E-state index is 0.204. The summed E-state index contributed by atoms with van der Waals surface area (Å²) in [6, 6.07) is 4.40. The van der Waals surface area contributed by atoms with Gasteiger partial charge < -0.3 is 0 Å². The number of benzene rings is 1. The number of rotatable bonds is 1. The van der Waals surface area contributed by atoms with E-state index in [0.29, 0.717) is 10.6 Å². The van der Waals surface area contributed by atoms with Crippen molar-refractivity contribution in [3.05, 3.63) is 28.8 Å². The molecule has 1 heterocycles. The van der Waals surface area contributed by atoms with E-state index < -0.39 is 10.7 Å². The number of thiol groups is 1. The van der Waals surface area contributed by atoms with Crippen LogP contribution in [-0.2, 0) is 15.5 Å². The molecule has 0 fully saturated rings. The van der Waals surface area contributed by atoms with Gasteiger partial charge in [-0.2, -0.15) is 0 Å². The van der Waals surface area contributed by atoms with Crippen LogP contribution in [0.5, 0.6) is 0 Å². The molecule has 0 aromatic heterocycles. The molecule has 1 aromatic carbocycles. The van der Waals surface area contributed by atoms with Crippen LogP contribution in [0, 0.1) is 0 Å². The largest absolute Gasteiger partial charge is 0.270 e. The number of amides is 1. The van der Waals surface area contributed by atoms with Crippen LogP contribution in [0.1, 0.15) is 0 Å². The average Bonchev–Trinajstić information content (AvgIpc) is 2.42. The van der Waals surface area contributed by atoms with Crippen LogP contribution in [-0.4, -0.2) is 14.3 Å². The van der Waals surface area contributed by atoms with E-state index in [0.717, 1.165) is 0 Å². The fourth-order valence-corrected chi connectivity index (χ4v) is 1.60. The fraction of sp³-hybridized carbons (Fsp3) is 0. The quantitative estimate of drug-likeness (QED) is 0.560. The molecule has 0 bridgehead atoms. The molecule has 0 saturated heterocycles. The van der Waals surface area contributed by atoms with Crippen LogP contribution in [0.15, 0.2) is 28.1 Å². The second-order valence-corrected chi connectivity index (χ2v) is 3.63. The van der Waals surface area contributed by atoms with E-state index in [4.69, 9.17) is 0 Å². The van der Waals surface area contributed by atoms with Crippen molar-refractivity contribution in [1.82, 2.24) is 0 Å². The van der Waals surface area contributed by atoms with Gasteiger partial charge >= 0.3 is 0 Å². The maximum Gasteiger partial charge on any atom is 0.270 e. The van der Waals surface area contributed by atoms with Gasteiger partial charge in [0.05, 0.1) is 10.3 Å². The molecular weight excluding hydrogens is 190 g/mol. The predicted molar refractivity (Wildman–Crippen MR) is 45.3 cm³/mol. The number of carbonyl (C=O) groups excluding carboxylic acids is 1. The highest BCUT2D eigenvalue weighted by molar-refractivity contribution is 7.72. The van der Waals surface area contributed by atoms with Crippen LogP contribution in [0.2, 0.25) is 0 Å². The molecular formula is C8H5NO3S. The van der Waals surface area contributed by atoms with Crippen LogP contribution in [0.3, 0.4) is 0 Å². The smallest absolute Gasteiger partial charge is 0.267 e. The van der Waals surface area contributed by atoms with E-state index in [2.05, 4.69) is 4.99 Å². The molecule has 4 nitrogen and oxygen atoms in total. The lowest BCUT2D eigenvalue weighted by molar-refractivity contribution is -0.112. The number of hydrogen-bond acceptors (Lipinski definition) is 3. The second kappa shape index (κ2) is 2.77. The molecule has 0 unspecified atom stereocenters. The fourth-order valence-electron chi connectivity index (χ4n) is 1.16. The summed E-state index contributed by atoms with van der Waals surface area (Å²) in [5.74, 6) is -0.340. The van der Waals surface area contributed by atoms with Crippen LogP contribution >= 0.6 is 0 Å². The monoisotopic (exact) mass is 195 g/mol. The molecule has 0 N–H and O–H groups in total. The molecule has 1 aliphatic heterocycles. The molecule has 0 aliphatic carbocycles. The van der Waals surface area contributed by atoms with Crippen molar-refractivity contribution >= 4 is 22.7 Å². The molecule has 0 saturated carbocycles. The molecule has 1 amide bonds. The predicted octanol–water partition coefficient (Wildman–Crippen LogP) is -1.40. The first kappa shape index (κ1) is 8.12. The van der Waals surface area contributed by atoms with Crippen LogP contribution in [0.25, 0.3) is 6.08 Å². The Hall–Kier alpha value is -1.49. The Morgan fingerprint density at radius 3 is 2.69 bits per heavy atom. The summed E-state index contributed by atoms with van der Waals surface area (Å²) in [6.45, 7) is 0. The first-order valence-corrected chi connectivity index (χ1v) is 4.73. The minimum atomic E-state index is -2.59. The zero-order chi connectivity index (χ0) is 9.42. The lowest BCUT2D eigenvalue weighted by Gasteiger charge is -1.86. The van der Waals surface area contributed by atoms with Gasteiger partial charge in [-0.15, -0.1) is 0 Å². The number of fused-ring (bicyclic) bond motifs is 1. The van der Waals surface area contributed by atoms with Gasteiger partial charge in [-0.05, 0) is 18.2 Å². The average molecular weight is 195 g/mol. The SMILES string of the molecule is O=C1C=c2cc([SH](=O)=O)ccc2=N1. The van der Waals surface area contributed by atoms with Gasteiger partial charge in [0.2, 0.25) is 0 Å². The first-order chi connectivity index (χ1) is 6.16. The standard InChI is InChI=1S/C8H5NO3S/c10-8-4-5-3-6(13(11)12)1-2-7(5)9-8/h1-4,13H. The van der Waals surface area contributed by atoms with E-state index in [9.17, 15) is 13.2 Å². The summed E-state index contributed by atoms with van der Waals surface area (Å²) < 4.78 is 21.2. The normalized spacial score (nSPS) is 13.8. The maximum absolute atomic E-state index is 10.8. The summed E-state index contributed by atoms with van der Waals surface area (Å²) in [7, 11) is -2.59. The number of nitrogens with zero attached hydrogens (tertiary/aromatic N) is 1. The van der Waals surface area contributed by atoms with E-state index in [1.54, 1.807) is 0 Å². The molecule has 13 heavy (non-hydrogen) atoms. The van der Waals surface area contributed by atoms with E-state index in [1.807, 2.05) is 0 Å². The van der Waals surface area contributed by atoms with Gasteiger partial charge in [-0.25, -0.2) is 13.4 Å². The molecule has 5 heteroatoms. The highest BCUT2D eigenvalue weighted by Crippen LogP contribution is 1.94. The van der Waals surface area contributed by atoms with E-state index in [1.165, 1.54) is 24.3 Å². The lowest BCUT2D eigenvalue weighted by Crippen LogP contribution is -2.21. The Bertz CT molecular complexity index is 564.